The highest BCUT2D eigenvalue weighted by Crippen LogP contribution is 2.30. The molecular weight excluding hydrogens is 242 g/mol. The van der Waals surface area contributed by atoms with Crippen LogP contribution in [0.4, 0.5) is 0 Å². The second-order valence-electron chi connectivity index (χ2n) is 4.63. The first-order chi connectivity index (χ1) is 8.85. The van der Waals surface area contributed by atoms with Crippen molar-refractivity contribution in [3.05, 3.63) is 29.8 Å². The highest BCUT2D eigenvalue weighted by Gasteiger charge is 2.23. The first-order valence-corrected chi connectivity index (χ1v) is 8.05. The summed E-state index contributed by atoms with van der Waals surface area (Å²) in [6.45, 7) is 7.45. The lowest BCUT2D eigenvalue weighted by molar-refractivity contribution is 0.221. The van der Waals surface area contributed by atoms with E-state index in [0.29, 0.717) is 6.04 Å². The van der Waals surface area contributed by atoms with Gasteiger partial charge in [-0.1, -0.05) is 19.1 Å². The van der Waals surface area contributed by atoms with E-state index in [2.05, 4.69) is 47.9 Å². The van der Waals surface area contributed by atoms with Crippen LogP contribution in [0.5, 0.6) is 5.75 Å². The van der Waals surface area contributed by atoms with Crippen molar-refractivity contribution < 1.29 is 4.74 Å². The molecule has 0 saturated carbocycles. The molecule has 18 heavy (non-hydrogen) atoms. The molecule has 0 aliphatic carbocycles. The topological polar surface area (TPSA) is 12.5 Å². The molecule has 1 aromatic rings. The molecule has 1 unspecified atom stereocenters. The van der Waals surface area contributed by atoms with E-state index in [9.17, 15) is 0 Å². The summed E-state index contributed by atoms with van der Waals surface area (Å²) in [4.78, 5) is 2.62. The van der Waals surface area contributed by atoms with Gasteiger partial charge in [0.2, 0.25) is 0 Å². The molecule has 0 N–H and O–H groups in total. The predicted molar refractivity (Wildman–Crippen MR) is 79.5 cm³/mol. The maximum Gasteiger partial charge on any atom is 0.119 e. The van der Waals surface area contributed by atoms with Crippen molar-refractivity contribution in [2.75, 3.05) is 31.2 Å². The van der Waals surface area contributed by atoms with Gasteiger partial charge in [0, 0.05) is 24.1 Å². The Morgan fingerprint density at radius 2 is 2.06 bits per heavy atom. The van der Waals surface area contributed by atoms with Crippen LogP contribution in [0.1, 0.15) is 31.9 Å². The third-order valence-electron chi connectivity index (χ3n) is 3.33. The molecule has 0 bridgehead atoms. The van der Waals surface area contributed by atoms with E-state index >= 15 is 0 Å². The number of thioether (sulfide) groups is 1. The Hall–Kier alpha value is -0.670. The van der Waals surface area contributed by atoms with Crippen molar-refractivity contribution >= 4 is 11.8 Å². The number of benzene rings is 1. The summed E-state index contributed by atoms with van der Waals surface area (Å²) >= 11 is 2.07. The Balaban J connectivity index is 2.07. The summed E-state index contributed by atoms with van der Waals surface area (Å²) in [6, 6.07) is 9.23. The number of hydrogen-bond acceptors (Lipinski definition) is 3. The third kappa shape index (κ3) is 3.42. The Morgan fingerprint density at radius 3 is 2.72 bits per heavy atom. The molecule has 0 radical (unpaired) electrons. The largest absolute Gasteiger partial charge is 0.494 e. The smallest absolute Gasteiger partial charge is 0.119 e. The van der Waals surface area contributed by atoms with Gasteiger partial charge in [0.1, 0.15) is 5.75 Å². The molecule has 3 heteroatoms. The lowest BCUT2D eigenvalue weighted by Crippen LogP contribution is -2.36. The van der Waals surface area contributed by atoms with E-state index in [1.807, 2.05) is 6.92 Å². The number of ether oxygens (including phenoxy) is 1. The van der Waals surface area contributed by atoms with Crippen molar-refractivity contribution in [3.8, 4) is 5.75 Å². The molecular formula is C15H23NOS. The number of nitrogens with zero attached hydrogens (tertiary/aromatic N) is 1. The van der Waals surface area contributed by atoms with Gasteiger partial charge >= 0.3 is 0 Å². The molecule has 2 rings (SSSR count). The molecule has 0 aromatic heterocycles. The zero-order chi connectivity index (χ0) is 12.8. The molecule has 1 aromatic carbocycles. The van der Waals surface area contributed by atoms with Crippen molar-refractivity contribution in [1.82, 2.24) is 4.90 Å². The van der Waals surface area contributed by atoms with E-state index in [1.54, 1.807) is 0 Å². The van der Waals surface area contributed by atoms with E-state index in [1.165, 1.54) is 36.6 Å². The zero-order valence-electron chi connectivity index (χ0n) is 11.4. The van der Waals surface area contributed by atoms with Crippen LogP contribution in [0, 0.1) is 0 Å². The van der Waals surface area contributed by atoms with Crippen molar-refractivity contribution in [2.45, 2.75) is 26.3 Å². The first kappa shape index (κ1) is 13.8. The lowest BCUT2D eigenvalue weighted by Gasteiger charge is -2.35. The standard InChI is InChI=1S/C15H23NOS/c1-3-9-16-10-11-18-12-15(16)13-5-7-14(8-6-13)17-4-2/h5-8,15H,3-4,9-12H2,1-2H3. The molecule has 0 amide bonds. The molecule has 2 nitrogen and oxygen atoms in total. The highest BCUT2D eigenvalue weighted by molar-refractivity contribution is 7.99. The van der Waals surface area contributed by atoms with Gasteiger partial charge in [-0.15, -0.1) is 0 Å². The number of hydrogen-bond donors (Lipinski definition) is 0. The van der Waals surface area contributed by atoms with Crippen LogP contribution in [-0.4, -0.2) is 36.1 Å². The fourth-order valence-electron chi connectivity index (χ4n) is 2.45. The minimum Gasteiger partial charge on any atom is -0.494 e. The van der Waals surface area contributed by atoms with E-state index in [4.69, 9.17) is 4.74 Å². The van der Waals surface area contributed by atoms with Gasteiger partial charge in [-0.05, 0) is 37.6 Å². The van der Waals surface area contributed by atoms with Gasteiger partial charge in [0.25, 0.3) is 0 Å². The normalized spacial score (nSPS) is 20.9. The monoisotopic (exact) mass is 265 g/mol. The Kier molecular flexibility index (Phi) is 5.39. The van der Waals surface area contributed by atoms with Crippen LogP contribution in [0.2, 0.25) is 0 Å². The van der Waals surface area contributed by atoms with Crippen LogP contribution in [0.15, 0.2) is 24.3 Å². The van der Waals surface area contributed by atoms with Crippen LogP contribution in [0.25, 0.3) is 0 Å². The Labute approximate surface area is 115 Å². The molecule has 1 saturated heterocycles. The summed E-state index contributed by atoms with van der Waals surface area (Å²) in [7, 11) is 0. The molecule has 1 aliphatic rings. The van der Waals surface area contributed by atoms with E-state index < -0.39 is 0 Å². The second-order valence-corrected chi connectivity index (χ2v) is 5.78. The first-order valence-electron chi connectivity index (χ1n) is 6.89. The third-order valence-corrected chi connectivity index (χ3v) is 4.35. The SMILES string of the molecule is CCCN1CCSCC1c1ccc(OCC)cc1. The van der Waals surface area contributed by atoms with E-state index in [0.717, 1.165) is 12.4 Å². The molecule has 1 fully saturated rings. The van der Waals surface area contributed by atoms with Gasteiger partial charge in [0.05, 0.1) is 6.61 Å². The minimum atomic E-state index is 0.583. The second kappa shape index (κ2) is 7.05. The fourth-order valence-corrected chi connectivity index (χ4v) is 3.61. The summed E-state index contributed by atoms with van der Waals surface area (Å²) in [5.74, 6) is 3.47. The van der Waals surface area contributed by atoms with Gasteiger partial charge < -0.3 is 4.74 Å². The summed E-state index contributed by atoms with van der Waals surface area (Å²) in [5.41, 5.74) is 1.43. The summed E-state index contributed by atoms with van der Waals surface area (Å²) < 4.78 is 5.50. The summed E-state index contributed by atoms with van der Waals surface area (Å²) in [5, 5.41) is 0. The molecule has 1 heterocycles. The molecule has 100 valence electrons. The minimum absolute atomic E-state index is 0.583. The Bertz CT molecular complexity index is 350. The fraction of sp³-hybridized carbons (Fsp3) is 0.600. The van der Waals surface area contributed by atoms with Crippen molar-refractivity contribution in [1.29, 1.82) is 0 Å². The van der Waals surface area contributed by atoms with Crippen LogP contribution in [0.3, 0.4) is 0 Å². The van der Waals surface area contributed by atoms with Gasteiger partial charge in [-0.25, -0.2) is 0 Å². The molecule has 1 atom stereocenters. The maximum absolute atomic E-state index is 5.50. The highest BCUT2D eigenvalue weighted by atomic mass is 32.2. The van der Waals surface area contributed by atoms with Crippen LogP contribution in [-0.2, 0) is 0 Å². The van der Waals surface area contributed by atoms with Gasteiger partial charge in [-0.2, -0.15) is 11.8 Å². The van der Waals surface area contributed by atoms with Crippen LogP contribution < -0.4 is 4.74 Å². The van der Waals surface area contributed by atoms with E-state index in [-0.39, 0.29) is 0 Å². The van der Waals surface area contributed by atoms with Gasteiger partial charge in [0.15, 0.2) is 0 Å². The van der Waals surface area contributed by atoms with Crippen molar-refractivity contribution in [3.63, 3.8) is 0 Å². The van der Waals surface area contributed by atoms with Gasteiger partial charge in [-0.3, -0.25) is 4.90 Å². The average Bonchev–Trinajstić information content (AvgIpc) is 2.41. The molecule has 1 aliphatic heterocycles. The quantitative estimate of drug-likeness (QED) is 0.807. The zero-order valence-corrected chi connectivity index (χ0v) is 12.2. The number of rotatable bonds is 5. The average molecular weight is 265 g/mol. The van der Waals surface area contributed by atoms with Crippen LogP contribution >= 0.6 is 11.8 Å². The molecule has 0 spiro atoms. The van der Waals surface area contributed by atoms with Crippen molar-refractivity contribution in [2.24, 2.45) is 0 Å². The lowest BCUT2D eigenvalue weighted by atomic mass is 10.1. The Morgan fingerprint density at radius 1 is 1.28 bits per heavy atom. The predicted octanol–water partition coefficient (Wildman–Crippen LogP) is 3.59. The maximum atomic E-state index is 5.50. The summed E-state index contributed by atoms with van der Waals surface area (Å²) in [6.07, 6.45) is 1.23.